The maximum Gasteiger partial charge on any atom is 0.261 e. The number of fused-ring (bicyclic) bond motifs is 1. The molecule has 5 nitrogen and oxygen atoms in total. The number of nitrogens with zero attached hydrogens (tertiary/aromatic N) is 3. The van der Waals surface area contributed by atoms with Gasteiger partial charge in [0.15, 0.2) is 6.61 Å². The first-order chi connectivity index (χ1) is 10.7. The normalized spacial score (nSPS) is 21.8. The van der Waals surface area contributed by atoms with Gasteiger partial charge in [-0.3, -0.25) is 4.79 Å². The number of aromatic nitrogens is 2. The van der Waals surface area contributed by atoms with Gasteiger partial charge in [-0.05, 0) is 39.2 Å². The fourth-order valence-corrected chi connectivity index (χ4v) is 3.23. The van der Waals surface area contributed by atoms with E-state index in [1.165, 1.54) is 6.42 Å². The summed E-state index contributed by atoms with van der Waals surface area (Å²) in [5.74, 6) is 0.443. The van der Waals surface area contributed by atoms with E-state index in [-0.39, 0.29) is 24.6 Å². The fraction of sp³-hybridized carbons (Fsp3) is 0.471. The molecule has 1 amide bonds. The second-order valence-corrected chi connectivity index (χ2v) is 5.96. The topological polar surface area (TPSA) is 55.3 Å². The highest BCUT2D eigenvalue weighted by atomic mass is 16.5. The second-order valence-electron chi connectivity index (χ2n) is 5.96. The molecule has 2 atom stereocenters. The van der Waals surface area contributed by atoms with Crippen LogP contribution in [0.5, 0.6) is 5.88 Å². The Morgan fingerprint density at radius 3 is 2.77 bits per heavy atom. The van der Waals surface area contributed by atoms with Gasteiger partial charge in [0.25, 0.3) is 5.91 Å². The van der Waals surface area contributed by atoms with Crippen LogP contribution in [-0.4, -0.2) is 39.7 Å². The second kappa shape index (κ2) is 6.30. The number of hydrogen-bond acceptors (Lipinski definition) is 4. The van der Waals surface area contributed by atoms with Crippen molar-refractivity contribution in [2.75, 3.05) is 6.61 Å². The molecule has 1 aromatic heterocycles. The van der Waals surface area contributed by atoms with Crippen molar-refractivity contribution < 1.29 is 9.53 Å². The SMILES string of the molecule is C[C@@H]1CCC[C@H](C)N1C(=O)COc1nncc2ccccc12. The molecule has 22 heavy (non-hydrogen) atoms. The van der Waals surface area contributed by atoms with E-state index in [1.807, 2.05) is 29.2 Å². The highest BCUT2D eigenvalue weighted by Gasteiger charge is 2.29. The van der Waals surface area contributed by atoms with Crippen LogP contribution in [-0.2, 0) is 4.79 Å². The number of benzene rings is 1. The van der Waals surface area contributed by atoms with Crippen LogP contribution >= 0.6 is 0 Å². The highest BCUT2D eigenvalue weighted by molar-refractivity contribution is 5.86. The summed E-state index contributed by atoms with van der Waals surface area (Å²) in [4.78, 5) is 14.4. The predicted molar refractivity (Wildman–Crippen MR) is 84.7 cm³/mol. The van der Waals surface area contributed by atoms with Crippen LogP contribution in [0.3, 0.4) is 0 Å². The Kier molecular flexibility index (Phi) is 4.22. The Morgan fingerprint density at radius 1 is 1.27 bits per heavy atom. The lowest BCUT2D eigenvalue weighted by Crippen LogP contribution is -2.49. The molecule has 0 saturated carbocycles. The standard InChI is InChI=1S/C17H21N3O2/c1-12-6-5-7-13(2)20(12)16(21)11-22-17-15-9-4-3-8-14(15)10-18-19-17/h3-4,8-10,12-13H,5-7,11H2,1-2H3/t12-,13+. The molecular formula is C17H21N3O2. The molecule has 0 spiro atoms. The molecule has 5 heteroatoms. The summed E-state index contributed by atoms with van der Waals surface area (Å²) in [6, 6.07) is 8.30. The third kappa shape index (κ3) is 2.89. The van der Waals surface area contributed by atoms with Gasteiger partial charge in [-0.15, -0.1) is 5.10 Å². The number of piperidine rings is 1. The van der Waals surface area contributed by atoms with Crippen LogP contribution in [0.2, 0.25) is 0 Å². The molecule has 0 aliphatic carbocycles. The van der Waals surface area contributed by atoms with E-state index in [1.54, 1.807) is 6.20 Å². The van der Waals surface area contributed by atoms with Gasteiger partial charge >= 0.3 is 0 Å². The van der Waals surface area contributed by atoms with Crippen molar-refractivity contribution in [1.82, 2.24) is 15.1 Å². The molecule has 0 bridgehead atoms. The molecule has 1 aliphatic heterocycles. The molecule has 0 radical (unpaired) electrons. The molecule has 1 fully saturated rings. The number of carbonyl (C=O) groups excluding carboxylic acids is 1. The van der Waals surface area contributed by atoms with Gasteiger partial charge in [-0.25, -0.2) is 0 Å². The molecule has 1 aromatic carbocycles. The van der Waals surface area contributed by atoms with Gasteiger partial charge in [0.2, 0.25) is 5.88 Å². The number of ether oxygens (including phenoxy) is 1. The Balaban J connectivity index is 1.72. The smallest absolute Gasteiger partial charge is 0.261 e. The number of amides is 1. The van der Waals surface area contributed by atoms with E-state index in [2.05, 4.69) is 24.0 Å². The zero-order valence-electron chi connectivity index (χ0n) is 13.0. The first-order valence-electron chi connectivity index (χ1n) is 7.81. The van der Waals surface area contributed by atoms with Crippen LogP contribution in [0.25, 0.3) is 10.8 Å². The summed E-state index contributed by atoms with van der Waals surface area (Å²) in [5.41, 5.74) is 0. The monoisotopic (exact) mass is 299 g/mol. The highest BCUT2D eigenvalue weighted by Crippen LogP contribution is 2.24. The molecule has 0 unspecified atom stereocenters. The maximum atomic E-state index is 12.5. The minimum atomic E-state index is 0.0113. The van der Waals surface area contributed by atoms with E-state index >= 15 is 0 Å². The summed E-state index contributed by atoms with van der Waals surface area (Å²) < 4.78 is 5.67. The minimum absolute atomic E-state index is 0.0113. The predicted octanol–water partition coefficient (Wildman–Crippen LogP) is 2.80. The van der Waals surface area contributed by atoms with Gasteiger partial charge in [0, 0.05) is 22.9 Å². The lowest BCUT2D eigenvalue weighted by atomic mass is 9.97. The van der Waals surface area contributed by atoms with Gasteiger partial charge in [0.05, 0.1) is 6.20 Å². The molecule has 116 valence electrons. The van der Waals surface area contributed by atoms with Crippen LogP contribution in [0.4, 0.5) is 0 Å². The summed E-state index contributed by atoms with van der Waals surface area (Å²) in [5, 5.41) is 9.79. The first kappa shape index (κ1) is 14.8. The Morgan fingerprint density at radius 2 is 2.00 bits per heavy atom. The molecule has 1 saturated heterocycles. The third-order valence-electron chi connectivity index (χ3n) is 4.35. The molecule has 1 aliphatic rings. The summed E-state index contributed by atoms with van der Waals surface area (Å²) >= 11 is 0. The molecule has 2 aromatic rings. The number of hydrogen-bond donors (Lipinski definition) is 0. The molecular weight excluding hydrogens is 278 g/mol. The zero-order valence-corrected chi connectivity index (χ0v) is 13.0. The molecule has 0 N–H and O–H groups in total. The van der Waals surface area contributed by atoms with Crippen molar-refractivity contribution in [3.63, 3.8) is 0 Å². The number of carbonyl (C=O) groups is 1. The lowest BCUT2D eigenvalue weighted by Gasteiger charge is -2.38. The molecule has 2 heterocycles. The van der Waals surface area contributed by atoms with Crippen molar-refractivity contribution in [2.45, 2.75) is 45.2 Å². The van der Waals surface area contributed by atoms with Gasteiger partial charge in [0.1, 0.15) is 0 Å². The number of rotatable bonds is 3. The van der Waals surface area contributed by atoms with Crippen molar-refractivity contribution in [3.05, 3.63) is 30.5 Å². The summed E-state index contributed by atoms with van der Waals surface area (Å²) in [7, 11) is 0. The average Bonchev–Trinajstić information content (AvgIpc) is 2.52. The fourth-order valence-electron chi connectivity index (χ4n) is 3.23. The van der Waals surface area contributed by atoms with Gasteiger partial charge in [-0.1, -0.05) is 18.2 Å². The van der Waals surface area contributed by atoms with Crippen molar-refractivity contribution in [2.24, 2.45) is 0 Å². The number of likely N-dealkylation sites (tertiary alicyclic amines) is 1. The summed E-state index contributed by atoms with van der Waals surface area (Å²) in [6.45, 7) is 4.22. The lowest BCUT2D eigenvalue weighted by molar-refractivity contribution is -0.139. The van der Waals surface area contributed by atoms with E-state index < -0.39 is 0 Å². The van der Waals surface area contributed by atoms with Crippen LogP contribution in [0.15, 0.2) is 30.5 Å². The Bertz CT molecular complexity index is 659. The van der Waals surface area contributed by atoms with Crippen molar-refractivity contribution >= 4 is 16.7 Å². The quantitative estimate of drug-likeness (QED) is 0.874. The first-order valence-corrected chi connectivity index (χ1v) is 7.81. The minimum Gasteiger partial charge on any atom is -0.466 e. The van der Waals surface area contributed by atoms with Gasteiger partial charge < -0.3 is 9.64 Å². The van der Waals surface area contributed by atoms with E-state index in [0.29, 0.717) is 5.88 Å². The largest absolute Gasteiger partial charge is 0.466 e. The van der Waals surface area contributed by atoms with Crippen molar-refractivity contribution in [3.8, 4) is 5.88 Å². The van der Waals surface area contributed by atoms with E-state index in [9.17, 15) is 4.79 Å². The Hall–Kier alpha value is -2.17. The third-order valence-corrected chi connectivity index (χ3v) is 4.35. The maximum absolute atomic E-state index is 12.5. The van der Waals surface area contributed by atoms with Gasteiger partial charge in [-0.2, -0.15) is 5.10 Å². The Labute approximate surface area is 130 Å². The zero-order chi connectivity index (χ0) is 15.5. The van der Waals surface area contributed by atoms with Crippen molar-refractivity contribution in [1.29, 1.82) is 0 Å². The van der Waals surface area contributed by atoms with E-state index in [4.69, 9.17) is 4.74 Å². The molecule has 3 rings (SSSR count). The van der Waals surface area contributed by atoms with Crippen LogP contribution in [0, 0.1) is 0 Å². The average molecular weight is 299 g/mol. The van der Waals surface area contributed by atoms with E-state index in [0.717, 1.165) is 23.6 Å². The van der Waals surface area contributed by atoms with Crippen LogP contribution < -0.4 is 4.74 Å². The summed E-state index contributed by atoms with van der Waals surface area (Å²) in [6.07, 6.45) is 4.99. The van der Waals surface area contributed by atoms with Crippen LogP contribution in [0.1, 0.15) is 33.1 Å².